The first-order chi connectivity index (χ1) is 19.9. The standard InChI is InChI=1S/C30H27Cl2FN4O5/c1-17-5-4-6-22(31)25(17)26-20(27(42-36-26)29(2,3)33)15-41-19-8-9-21(23(32)13-19)30(39)11-12-37(16-30)24-10-7-18(14-34-24)28(38)35-40/h4-10,13-14,39H,11-12,15-16H2,1-3H3. The molecule has 5 rings (SSSR count). The number of hydrogen-bond donors (Lipinski definition) is 1. The van der Waals surface area contributed by atoms with Gasteiger partial charge in [-0.2, -0.15) is 0 Å². The Hall–Kier alpha value is -3.86. The Balaban J connectivity index is 1.35. The Morgan fingerprint density at radius 1 is 1.21 bits per heavy atom. The number of hydrogen-bond acceptors (Lipinski definition) is 8. The van der Waals surface area contributed by atoms with E-state index in [1.165, 1.54) is 26.1 Å². The number of carbonyl (C=O) groups excluding carboxylic acids is 1. The summed E-state index contributed by atoms with van der Waals surface area (Å²) in [7, 11) is 0. The zero-order valence-electron chi connectivity index (χ0n) is 23.0. The summed E-state index contributed by atoms with van der Waals surface area (Å²) in [6.07, 6.45) is 1.65. The Labute approximate surface area is 251 Å². The van der Waals surface area contributed by atoms with Gasteiger partial charge in [0.15, 0.2) is 11.4 Å². The van der Waals surface area contributed by atoms with Crippen LogP contribution in [0.1, 0.15) is 53.1 Å². The van der Waals surface area contributed by atoms with E-state index in [1.807, 2.05) is 24.0 Å². The normalized spacial score (nSPS) is 17.0. The molecule has 0 radical (unpaired) electrons. The van der Waals surface area contributed by atoms with Gasteiger partial charge in [-0.25, -0.2) is 9.37 Å². The zero-order chi connectivity index (χ0) is 30.2. The van der Waals surface area contributed by atoms with Crippen LogP contribution in [0.25, 0.3) is 11.3 Å². The minimum atomic E-state index is -1.83. The van der Waals surface area contributed by atoms with E-state index in [9.17, 15) is 14.8 Å². The van der Waals surface area contributed by atoms with E-state index in [0.29, 0.717) is 57.0 Å². The van der Waals surface area contributed by atoms with Crippen LogP contribution in [0.4, 0.5) is 10.2 Å². The summed E-state index contributed by atoms with van der Waals surface area (Å²) in [5.74, 6) is 0.0751. The first kappa shape index (κ1) is 29.6. The van der Waals surface area contributed by atoms with E-state index in [4.69, 9.17) is 32.5 Å². The maximum Gasteiger partial charge on any atom is 0.318 e. The lowest BCUT2D eigenvalue weighted by Crippen LogP contribution is -2.31. The molecular weight excluding hydrogens is 586 g/mol. The van der Waals surface area contributed by atoms with Gasteiger partial charge in [0.25, 0.3) is 0 Å². The number of halogens is 3. The second-order valence-corrected chi connectivity index (χ2v) is 11.5. The highest BCUT2D eigenvalue weighted by Gasteiger charge is 2.40. The van der Waals surface area contributed by atoms with Crippen LogP contribution in [0.15, 0.2) is 64.4 Å². The molecule has 9 nitrogen and oxygen atoms in total. The van der Waals surface area contributed by atoms with Gasteiger partial charge in [0, 0.05) is 29.0 Å². The van der Waals surface area contributed by atoms with Crippen molar-refractivity contribution in [2.45, 2.75) is 45.1 Å². The number of β-amino-alcohol motifs (C(OH)–C–C–N with tert-alkyl or cyclic N) is 1. The second kappa shape index (κ2) is 11.4. The largest absolute Gasteiger partial charge is 0.489 e. The maximum atomic E-state index is 15.1. The third-order valence-electron chi connectivity index (χ3n) is 7.26. The highest BCUT2D eigenvalue weighted by molar-refractivity contribution is 6.33. The van der Waals surface area contributed by atoms with Crippen molar-refractivity contribution < 1.29 is 23.6 Å². The molecule has 218 valence electrons. The van der Waals surface area contributed by atoms with E-state index in [2.05, 4.69) is 15.3 Å². The molecule has 2 aromatic carbocycles. The SMILES string of the molecule is Cc1cccc(Cl)c1-c1noc(C(C)(C)F)c1COc1ccc(C2(O)CCN(c3ccc(C(=O)N=O)cn3)C2)c(Cl)c1. The van der Waals surface area contributed by atoms with Gasteiger partial charge < -0.3 is 19.3 Å². The lowest BCUT2D eigenvalue weighted by molar-refractivity contribution is 0.0606. The summed E-state index contributed by atoms with van der Waals surface area (Å²) in [6.45, 7) is 5.26. The number of aromatic nitrogens is 2. The summed E-state index contributed by atoms with van der Waals surface area (Å²) in [5, 5.41) is 18.8. The van der Waals surface area contributed by atoms with E-state index in [1.54, 1.807) is 30.3 Å². The Morgan fingerprint density at radius 2 is 2.00 bits per heavy atom. The summed E-state index contributed by atoms with van der Waals surface area (Å²) < 4.78 is 26.6. The molecule has 1 N–H and O–H groups in total. The predicted molar refractivity (Wildman–Crippen MR) is 157 cm³/mol. The van der Waals surface area contributed by atoms with Gasteiger partial charge in [-0.05, 0) is 63.1 Å². The fourth-order valence-corrected chi connectivity index (χ4v) is 5.78. The lowest BCUT2D eigenvalue weighted by atomic mass is 9.93. The smallest absolute Gasteiger partial charge is 0.318 e. The number of nitrogens with zero attached hydrogens (tertiary/aromatic N) is 4. The van der Waals surface area contributed by atoms with Gasteiger partial charge in [-0.15, -0.1) is 4.91 Å². The number of ether oxygens (including phenoxy) is 1. The van der Waals surface area contributed by atoms with Crippen molar-refractivity contribution in [1.82, 2.24) is 10.1 Å². The van der Waals surface area contributed by atoms with Crippen molar-refractivity contribution in [2.24, 2.45) is 5.18 Å². The van der Waals surface area contributed by atoms with E-state index in [0.717, 1.165) is 5.56 Å². The van der Waals surface area contributed by atoms with Crippen LogP contribution in [0.5, 0.6) is 5.75 Å². The topological polar surface area (TPSA) is 118 Å². The number of amides is 1. The van der Waals surface area contributed by atoms with Gasteiger partial charge in [-0.3, -0.25) is 4.79 Å². The Kier molecular flexibility index (Phi) is 8.06. The number of carbonyl (C=O) groups is 1. The minimum absolute atomic E-state index is 0.0355. The fourth-order valence-electron chi connectivity index (χ4n) is 5.12. The van der Waals surface area contributed by atoms with Crippen LogP contribution < -0.4 is 9.64 Å². The molecule has 1 fully saturated rings. The number of pyridine rings is 1. The summed E-state index contributed by atoms with van der Waals surface area (Å²) >= 11 is 13.1. The van der Waals surface area contributed by atoms with Gasteiger partial charge in [-0.1, -0.05) is 46.6 Å². The molecule has 1 atom stereocenters. The number of aryl methyl sites for hydroxylation is 1. The van der Waals surface area contributed by atoms with Gasteiger partial charge in [0.05, 0.1) is 27.7 Å². The number of nitroso groups, excluding NO2 is 1. The molecule has 42 heavy (non-hydrogen) atoms. The van der Waals surface area contributed by atoms with Crippen molar-refractivity contribution in [3.8, 4) is 17.0 Å². The summed E-state index contributed by atoms with van der Waals surface area (Å²) in [4.78, 5) is 28.0. The number of anilines is 1. The summed E-state index contributed by atoms with van der Waals surface area (Å²) in [5.41, 5.74) is -0.190. The number of benzene rings is 2. The van der Waals surface area contributed by atoms with Crippen LogP contribution in [-0.4, -0.2) is 34.2 Å². The van der Waals surface area contributed by atoms with Gasteiger partial charge in [0.2, 0.25) is 0 Å². The number of rotatable bonds is 8. The van der Waals surface area contributed by atoms with Crippen molar-refractivity contribution in [2.75, 3.05) is 18.0 Å². The lowest BCUT2D eigenvalue weighted by Gasteiger charge is -2.25. The Bertz CT molecular complexity index is 1630. The minimum Gasteiger partial charge on any atom is -0.489 e. The highest BCUT2D eigenvalue weighted by Crippen LogP contribution is 2.41. The van der Waals surface area contributed by atoms with Crippen LogP contribution in [0.2, 0.25) is 10.0 Å². The molecule has 1 amide bonds. The molecule has 0 spiro atoms. The molecule has 1 aliphatic heterocycles. The van der Waals surface area contributed by atoms with Gasteiger partial charge >= 0.3 is 5.91 Å². The zero-order valence-corrected chi connectivity index (χ0v) is 24.5. The third-order valence-corrected chi connectivity index (χ3v) is 7.89. The molecule has 4 aromatic rings. The first-order valence-corrected chi connectivity index (χ1v) is 13.8. The highest BCUT2D eigenvalue weighted by atomic mass is 35.5. The Morgan fingerprint density at radius 3 is 2.64 bits per heavy atom. The average Bonchev–Trinajstić information content (AvgIpc) is 3.56. The van der Waals surface area contributed by atoms with Gasteiger partial charge in [0.1, 0.15) is 29.5 Å². The average molecular weight is 613 g/mol. The van der Waals surface area contributed by atoms with Crippen LogP contribution in [-0.2, 0) is 17.9 Å². The molecule has 2 aromatic heterocycles. The fraction of sp³-hybridized carbons (Fsp3) is 0.300. The maximum absolute atomic E-state index is 15.1. The van der Waals surface area contributed by atoms with Crippen molar-refractivity contribution >= 4 is 34.9 Å². The van der Waals surface area contributed by atoms with Crippen LogP contribution in [0.3, 0.4) is 0 Å². The third kappa shape index (κ3) is 5.74. The summed E-state index contributed by atoms with van der Waals surface area (Å²) in [6, 6.07) is 13.5. The van der Waals surface area contributed by atoms with Crippen LogP contribution in [0, 0.1) is 11.8 Å². The molecular formula is C30H27Cl2FN4O5. The predicted octanol–water partition coefficient (Wildman–Crippen LogP) is 7.14. The van der Waals surface area contributed by atoms with E-state index >= 15 is 4.39 Å². The van der Waals surface area contributed by atoms with Crippen LogP contribution >= 0.6 is 23.2 Å². The quantitative estimate of drug-likeness (QED) is 0.209. The van der Waals surface area contributed by atoms with E-state index < -0.39 is 17.2 Å². The molecule has 1 unspecified atom stereocenters. The molecule has 0 saturated carbocycles. The molecule has 3 heterocycles. The molecule has 0 bridgehead atoms. The first-order valence-electron chi connectivity index (χ1n) is 13.1. The molecule has 12 heteroatoms. The molecule has 0 aliphatic carbocycles. The number of alkyl halides is 1. The van der Waals surface area contributed by atoms with E-state index in [-0.39, 0.29) is 24.5 Å². The van der Waals surface area contributed by atoms with Crippen molar-refractivity contribution in [3.05, 3.63) is 97.7 Å². The number of aliphatic hydroxyl groups is 1. The van der Waals surface area contributed by atoms with Crippen molar-refractivity contribution in [3.63, 3.8) is 0 Å². The molecule has 1 aliphatic rings. The second-order valence-electron chi connectivity index (χ2n) is 10.7. The van der Waals surface area contributed by atoms with Crippen molar-refractivity contribution in [1.29, 1.82) is 0 Å². The monoisotopic (exact) mass is 612 g/mol. The molecule has 1 saturated heterocycles.